The highest BCUT2D eigenvalue weighted by Gasteiger charge is 2.32. The summed E-state index contributed by atoms with van der Waals surface area (Å²) in [5, 5.41) is 2.79. The fourth-order valence-electron chi connectivity index (χ4n) is 1.69. The Morgan fingerprint density at radius 1 is 1.04 bits per heavy atom. The summed E-state index contributed by atoms with van der Waals surface area (Å²) in [4.78, 5) is 10.3. The fourth-order valence-corrected chi connectivity index (χ4v) is 3.32. The van der Waals surface area contributed by atoms with E-state index in [1.807, 2.05) is 0 Å². The zero-order chi connectivity index (χ0) is 17.7. The van der Waals surface area contributed by atoms with Crippen LogP contribution in [0.1, 0.15) is 0 Å². The zero-order valence-electron chi connectivity index (χ0n) is 12.0. The zero-order valence-corrected chi connectivity index (χ0v) is 14.3. The molecule has 0 heterocycles. The monoisotopic (exact) mass is 388 g/mol. The molecule has 1 N–H and O–H groups in total. The van der Waals surface area contributed by atoms with Gasteiger partial charge >= 0.3 is 0 Å². The number of nitrogens with one attached hydrogen (secondary N) is 1. The quantitative estimate of drug-likeness (QED) is 0.368. The lowest BCUT2D eigenvalue weighted by Crippen LogP contribution is -2.30. The Morgan fingerprint density at radius 3 is 2.17 bits per heavy atom. The molecule has 0 saturated heterocycles. The summed E-state index contributed by atoms with van der Waals surface area (Å²) >= 11 is 11.0. The molecule has 0 aliphatic rings. The first-order valence-corrected chi connectivity index (χ1v) is 8.90. The SMILES string of the molecule is O=C(/C(=N\Nc1ccc(F)cc1)S(=O)(=O)c1ccccc1)C(Cl)Cl. The van der Waals surface area contributed by atoms with Crippen LogP contribution in [0.2, 0.25) is 0 Å². The molecular formula is C15H11Cl2FN2O3S. The molecule has 24 heavy (non-hydrogen) atoms. The average molecular weight is 389 g/mol. The van der Waals surface area contributed by atoms with E-state index in [9.17, 15) is 17.6 Å². The lowest BCUT2D eigenvalue weighted by Gasteiger charge is -2.09. The van der Waals surface area contributed by atoms with Crippen molar-refractivity contribution in [3.8, 4) is 0 Å². The number of carbonyl (C=O) groups is 1. The van der Waals surface area contributed by atoms with Gasteiger partial charge < -0.3 is 0 Å². The molecule has 0 unspecified atom stereocenters. The van der Waals surface area contributed by atoms with E-state index in [4.69, 9.17) is 23.2 Å². The molecule has 0 atom stereocenters. The lowest BCUT2D eigenvalue weighted by atomic mass is 10.3. The smallest absolute Gasteiger partial charge is 0.229 e. The molecule has 0 aliphatic heterocycles. The maximum absolute atomic E-state index is 12.9. The molecule has 0 amide bonds. The van der Waals surface area contributed by atoms with Crippen LogP contribution >= 0.6 is 23.2 Å². The van der Waals surface area contributed by atoms with E-state index < -0.39 is 31.3 Å². The van der Waals surface area contributed by atoms with E-state index in [0.29, 0.717) is 0 Å². The molecule has 126 valence electrons. The lowest BCUT2D eigenvalue weighted by molar-refractivity contribution is -0.111. The summed E-state index contributed by atoms with van der Waals surface area (Å²) in [6, 6.07) is 12.2. The number of carbonyl (C=O) groups excluding carboxylic acids is 1. The Labute approximate surface area is 148 Å². The molecule has 0 radical (unpaired) electrons. The van der Waals surface area contributed by atoms with Crippen LogP contribution in [0.25, 0.3) is 0 Å². The van der Waals surface area contributed by atoms with Gasteiger partial charge in [-0.25, -0.2) is 12.8 Å². The van der Waals surface area contributed by atoms with Crippen molar-refractivity contribution in [3.05, 3.63) is 60.4 Å². The number of hydrazone groups is 1. The molecule has 2 aromatic carbocycles. The molecule has 2 rings (SSSR count). The van der Waals surface area contributed by atoms with Crippen LogP contribution < -0.4 is 5.43 Å². The number of ketones is 1. The highest BCUT2D eigenvalue weighted by Crippen LogP contribution is 2.17. The minimum atomic E-state index is -4.23. The summed E-state index contributed by atoms with van der Waals surface area (Å²) in [5.41, 5.74) is 2.67. The summed E-state index contributed by atoms with van der Waals surface area (Å²) in [6.07, 6.45) is 0. The van der Waals surface area contributed by atoms with Gasteiger partial charge in [-0.15, -0.1) is 0 Å². The van der Waals surface area contributed by atoms with E-state index in [2.05, 4.69) is 10.5 Å². The van der Waals surface area contributed by atoms with Crippen LogP contribution in [0.15, 0.2) is 64.6 Å². The molecule has 0 aromatic heterocycles. The van der Waals surface area contributed by atoms with Gasteiger partial charge in [0.05, 0.1) is 10.6 Å². The maximum Gasteiger partial charge on any atom is 0.229 e. The highest BCUT2D eigenvalue weighted by molar-refractivity contribution is 8.08. The molecule has 9 heteroatoms. The number of nitrogens with zero attached hydrogens (tertiary/aromatic N) is 1. The summed E-state index contributed by atoms with van der Waals surface area (Å²) in [7, 11) is -4.23. The van der Waals surface area contributed by atoms with Gasteiger partial charge in [-0.3, -0.25) is 10.2 Å². The number of anilines is 1. The second-order valence-corrected chi connectivity index (χ2v) is 7.48. The van der Waals surface area contributed by atoms with E-state index >= 15 is 0 Å². The number of hydrogen-bond donors (Lipinski definition) is 1. The highest BCUT2D eigenvalue weighted by atomic mass is 35.5. The second-order valence-electron chi connectivity index (χ2n) is 4.52. The Balaban J connectivity index is 2.43. The van der Waals surface area contributed by atoms with Crippen molar-refractivity contribution in [2.24, 2.45) is 5.10 Å². The number of halogens is 3. The number of rotatable bonds is 5. The third kappa shape index (κ3) is 4.31. The first kappa shape index (κ1) is 18.4. The van der Waals surface area contributed by atoms with Gasteiger partial charge in [-0.05, 0) is 36.4 Å². The van der Waals surface area contributed by atoms with Gasteiger partial charge in [0.1, 0.15) is 5.82 Å². The maximum atomic E-state index is 12.9. The summed E-state index contributed by atoms with van der Waals surface area (Å²) < 4.78 is 38.1. The summed E-state index contributed by atoms with van der Waals surface area (Å²) in [5.74, 6) is -1.55. The van der Waals surface area contributed by atoms with E-state index in [1.54, 1.807) is 6.07 Å². The molecule has 0 bridgehead atoms. The number of Topliss-reactive ketones (excluding diaryl/α,β-unsaturated/α-hetero) is 1. The minimum absolute atomic E-state index is 0.132. The summed E-state index contributed by atoms with van der Waals surface area (Å²) in [6.45, 7) is 0. The predicted octanol–water partition coefficient (Wildman–Crippen LogP) is 3.40. The molecule has 0 aliphatic carbocycles. The van der Waals surface area contributed by atoms with Crippen molar-refractivity contribution in [1.82, 2.24) is 0 Å². The Hall–Kier alpha value is -1.96. The van der Waals surface area contributed by atoms with Gasteiger partial charge in [0, 0.05) is 0 Å². The van der Waals surface area contributed by atoms with Crippen molar-refractivity contribution in [2.75, 3.05) is 5.43 Å². The van der Waals surface area contributed by atoms with Crippen molar-refractivity contribution in [3.63, 3.8) is 0 Å². The normalized spacial score (nSPS) is 12.2. The van der Waals surface area contributed by atoms with Gasteiger partial charge in [0.15, 0.2) is 4.84 Å². The fraction of sp³-hybridized carbons (Fsp3) is 0.0667. The molecule has 0 fully saturated rings. The third-order valence-electron chi connectivity index (χ3n) is 2.85. The molecule has 0 saturated carbocycles. The van der Waals surface area contributed by atoms with Crippen LogP contribution in [0.5, 0.6) is 0 Å². The van der Waals surface area contributed by atoms with Crippen LogP contribution in [0.3, 0.4) is 0 Å². The number of benzene rings is 2. The van der Waals surface area contributed by atoms with Gasteiger partial charge in [-0.1, -0.05) is 41.4 Å². The van der Waals surface area contributed by atoms with E-state index in [-0.39, 0.29) is 10.6 Å². The van der Waals surface area contributed by atoms with Gasteiger partial charge in [-0.2, -0.15) is 5.10 Å². The van der Waals surface area contributed by atoms with Crippen LogP contribution in [0.4, 0.5) is 10.1 Å². The minimum Gasteiger partial charge on any atom is -0.288 e. The van der Waals surface area contributed by atoms with E-state index in [0.717, 1.165) is 12.1 Å². The van der Waals surface area contributed by atoms with Gasteiger partial charge in [0.25, 0.3) is 0 Å². The van der Waals surface area contributed by atoms with Crippen LogP contribution in [-0.4, -0.2) is 24.1 Å². The topological polar surface area (TPSA) is 75.6 Å². The van der Waals surface area contributed by atoms with Crippen molar-refractivity contribution < 1.29 is 17.6 Å². The number of alkyl halides is 2. The first-order chi connectivity index (χ1) is 11.3. The standard InChI is InChI=1S/C15H11Cl2FN2O3S/c16-14(17)13(21)15(20-19-11-8-6-10(18)7-9-11)24(22,23)12-4-2-1-3-5-12/h1-9,14,19H/b20-15+. The van der Waals surface area contributed by atoms with Crippen molar-refractivity contribution in [2.45, 2.75) is 9.73 Å². The number of sulfone groups is 1. The molecular weight excluding hydrogens is 378 g/mol. The first-order valence-electron chi connectivity index (χ1n) is 6.54. The molecule has 2 aromatic rings. The second kappa shape index (κ2) is 7.74. The average Bonchev–Trinajstić information content (AvgIpc) is 2.57. The van der Waals surface area contributed by atoms with Crippen LogP contribution in [-0.2, 0) is 14.6 Å². The molecule has 5 nitrogen and oxygen atoms in total. The van der Waals surface area contributed by atoms with E-state index in [1.165, 1.54) is 36.4 Å². The Morgan fingerprint density at radius 2 is 1.62 bits per heavy atom. The van der Waals surface area contributed by atoms with Crippen LogP contribution in [0, 0.1) is 5.82 Å². The van der Waals surface area contributed by atoms with Gasteiger partial charge in [0.2, 0.25) is 20.7 Å². The Bertz CT molecular complexity index is 854. The van der Waals surface area contributed by atoms with Crippen molar-refractivity contribution >= 4 is 49.6 Å². The third-order valence-corrected chi connectivity index (χ3v) is 4.94. The molecule has 0 spiro atoms. The van der Waals surface area contributed by atoms with Crippen molar-refractivity contribution in [1.29, 1.82) is 0 Å². The predicted molar refractivity (Wildman–Crippen MR) is 91.6 cm³/mol. The largest absolute Gasteiger partial charge is 0.288 e. The Kier molecular flexibility index (Phi) is 5.93. The number of hydrogen-bond acceptors (Lipinski definition) is 5.